The minimum absolute atomic E-state index is 0.0964. The van der Waals surface area contributed by atoms with Crippen molar-refractivity contribution in [2.24, 2.45) is 0 Å². The number of thiazole rings is 1. The molecular weight excluding hydrogens is 310 g/mol. The number of Topliss-reactive ketones (excluding diaryl/α,β-unsaturated/α-hetero) is 1. The normalized spacial score (nSPS) is 10.5. The zero-order valence-electron chi connectivity index (χ0n) is 12.1. The highest BCUT2D eigenvalue weighted by molar-refractivity contribution is 7.14. The van der Waals surface area contributed by atoms with Gasteiger partial charge in [0.1, 0.15) is 23.6 Å². The predicted molar refractivity (Wildman–Crippen MR) is 79.1 cm³/mol. The van der Waals surface area contributed by atoms with Crippen molar-refractivity contribution in [1.82, 2.24) is 14.8 Å². The Hall–Kier alpha value is -2.62. The van der Waals surface area contributed by atoms with Gasteiger partial charge in [-0.3, -0.25) is 24.4 Å². The van der Waals surface area contributed by atoms with Crippen molar-refractivity contribution >= 4 is 33.8 Å². The lowest BCUT2D eigenvalue weighted by Crippen LogP contribution is -2.20. The van der Waals surface area contributed by atoms with E-state index in [0.717, 1.165) is 11.3 Å². The first kappa shape index (κ1) is 15.8. The third kappa shape index (κ3) is 3.17. The van der Waals surface area contributed by atoms with Crippen LogP contribution < -0.4 is 5.32 Å². The van der Waals surface area contributed by atoms with Gasteiger partial charge in [0.15, 0.2) is 10.9 Å². The molecule has 1 N–H and O–H groups in total. The van der Waals surface area contributed by atoms with E-state index in [2.05, 4.69) is 15.4 Å². The van der Waals surface area contributed by atoms with Crippen LogP contribution in [0.4, 0.5) is 10.8 Å². The number of nitrogens with one attached hydrogen (secondary N) is 1. The van der Waals surface area contributed by atoms with Crippen LogP contribution in [0.5, 0.6) is 0 Å². The maximum absolute atomic E-state index is 11.9. The van der Waals surface area contributed by atoms with Crippen LogP contribution in [0.2, 0.25) is 0 Å². The van der Waals surface area contributed by atoms with Crippen LogP contribution in [0.15, 0.2) is 5.38 Å². The second kappa shape index (κ2) is 6.02. The first-order chi connectivity index (χ1) is 10.3. The van der Waals surface area contributed by atoms with Crippen molar-refractivity contribution in [3.8, 4) is 0 Å². The molecule has 2 heterocycles. The number of carbonyl (C=O) groups is 2. The SMILES string of the molecule is CC(=O)c1csc(NC(=O)Cn2nc(C)c([N+](=O)[O-])c2C)n1. The smallest absolute Gasteiger partial charge is 0.300 e. The minimum Gasteiger partial charge on any atom is -0.300 e. The maximum atomic E-state index is 11.9. The van der Waals surface area contributed by atoms with Crippen LogP contribution in [-0.2, 0) is 11.3 Å². The number of carbonyl (C=O) groups excluding carboxylic acids is 2. The molecule has 0 bridgehead atoms. The lowest BCUT2D eigenvalue weighted by molar-refractivity contribution is -0.386. The summed E-state index contributed by atoms with van der Waals surface area (Å²) in [7, 11) is 0. The summed E-state index contributed by atoms with van der Waals surface area (Å²) in [6.07, 6.45) is 0. The number of nitro groups is 1. The molecule has 0 aromatic carbocycles. The fourth-order valence-electron chi connectivity index (χ4n) is 1.89. The molecule has 0 spiro atoms. The molecule has 0 fully saturated rings. The quantitative estimate of drug-likeness (QED) is 0.508. The molecule has 0 saturated heterocycles. The molecule has 0 unspecified atom stereocenters. The summed E-state index contributed by atoms with van der Waals surface area (Å²) in [5.74, 6) is -0.615. The average Bonchev–Trinajstić information content (AvgIpc) is 2.95. The van der Waals surface area contributed by atoms with Gasteiger partial charge < -0.3 is 5.32 Å². The van der Waals surface area contributed by atoms with E-state index in [0.29, 0.717) is 10.8 Å². The molecule has 9 nitrogen and oxygen atoms in total. The molecule has 0 saturated carbocycles. The summed E-state index contributed by atoms with van der Waals surface area (Å²) >= 11 is 1.13. The topological polar surface area (TPSA) is 120 Å². The van der Waals surface area contributed by atoms with Gasteiger partial charge in [-0.2, -0.15) is 5.10 Å². The summed E-state index contributed by atoms with van der Waals surface area (Å²) in [4.78, 5) is 37.4. The third-order valence-electron chi connectivity index (χ3n) is 2.93. The van der Waals surface area contributed by atoms with Crippen LogP contribution in [0.3, 0.4) is 0 Å². The molecule has 2 aromatic heterocycles. The van der Waals surface area contributed by atoms with Gasteiger partial charge in [-0.05, 0) is 13.8 Å². The highest BCUT2D eigenvalue weighted by atomic mass is 32.1. The van der Waals surface area contributed by atoms with Gasteiger partial charge in [0.25, 0.3) is 0 Å². The molecule has 116 valence electrons. The largest absolute Gasteiger partial charge is 0.312 e. The molecule has 2 aromatic rings. The summed E-state index contributed by atoms with van der Waals surface area (Å²) in [5.41, 5.74) is 0.743. The van der Waals surface area contributed by atoms with E-state index in [4.69, 9.17) is 0 Å². The molecule has 0 radical (unpaired) electrons. The second-order valence-electron chi connectivity index (χ2n) is 4.58. The van der Waals surface area contributed by atoms with Crippen LogP contribution in [-0.4, -0.2) is 31.4 Å². The number of aromatic nitrogens is 3. The van der Waals surface area contributed by atoms with Gasteiger partial charge in [0.05, 0.1) is 4.92 Å². The number of amides is 1. The summed E-state index contributed by atoms with van der Waals surface area (Å²) in [6.45, 7) is 4.26. The number of rotatable bonds is 5. The zero-order valence-corrected chi connectivity index (χ0v) is 12.9. The van der Waals surface area contributed by atoms with Crippen LogP contribution >= 0.6 is 11.3 Å². The van der Waals surface area contributed by atoms with E-state index in [9.17, 15) is 19.7 Å². The van der Waals surface area contributed by atoms with E-state index >= 15 is 0 Å². The molecule has 0 aliphatic rings. The first-order valence-electron chi connectivity index (χ1n) is 6.24. The molecule has 0 atom stereocenters. The number of nitrogens with zero attached hydrogens (tertiary/aromatic N) is 4. The number of hydrogen-bond donors (Lipinski definition) is 1. The van der Waals surface area contributed by atoms with E-state index in [1.807, 2.05) is 0 Å². The van der Waals surface area contributed by atoms with Crippen molar-refractivity contribution in [2.45, 2.75) is 27.3 Å². The standard InChI is InChI=1S/C12H13N5O4S/c1-6-11(17(20)21)7(2)16(15-6)4-10(19)14-12-13-9(5-22-12)8(3)18/h5H,4H2,1-3H3,(H,13,14,19). The maximum Gasteiger partial charge on any atom is 0.312 e. The molecule has 10 heteroatoms. The van der Waals surface area contributed by atoms with Gasteiger partial charge in [-0.15, -0.1) is 11.3 Å². The monoisotopic (exact) mass is 323 g/mol. The summed E-state index contributed by atoms with van der Waals surface area (Å²) < 4.78 is 1.27. The fourth-order valence-corrected chi connectivity index (χ4v) is 2.66. The Morgan fingerprint density at radius 1 is 1.45 bits per heavy atom. The molecule has 1 amide bonds. The fraction of sp³-hybridized carbons (Fsp3) is 0.333. The van der Waals surface area contributed by atoms with Crippen molar-refractivity contribution in [1.29, 1.82) is 0 Å². The van der Waals surface area contributed by atoms with Gasteiger partial charge in [0, 0.05) is 12.3 Å². The van der Waals surface area contributed by atoms with Crippen molar-refractivity contribution in [2.75, 3.05) is 5.32 Å². The van der Waals surface area contributed by atoms with Crippen molar-refractivity contribution in [3.63, 3.8) is 0 Å². The minimum atomic E-state index is -0.522. The van der Waals surface area contributed by atoms with E-state index < -0.39 is 10.8 Å². The Morgan fingerprint density at radius 2 is 2.14 bits per heavy atom. The number of anilines is 1. The average molecular weight is 323 g/mol. The van der Waals surface area contributed by atoms with Crippen molar-refractivity contribution < 1.29 is 14.5 Å². The molecule has 2 rings (SSSR count). The van der Waals surface area contributed by atoms with Gasteiger partial charge in [-0.25, -0.2) is 4.98 Å². The molecule has 0 aliphatic heterocycles. The van der Waals surface area contributed by atoms with Crippen LogP contribution in [0.25, 0.3) is 0 Å². The number of ketones is 1. The Kier molecular flexibility index (Phi) is 4.31. The highest BCUT2D eigenvalue weighted by Crippen LogP contribution is 2.22. The Morgan fingerprint density at radius 3 is 2.64 bits per heavy atom. The van der Waals surface area contributed by atoms with Crippen LogP contribution in [0.1, 0.15) is 28.8 Å². The first-order valence-corrected chi connectivity index (χ1v) is 7.12. The van der Waals surface area contributed by atoms with Gasteiger partial charge in [0.2, 0.25) is 5.91 Å². The molecule has 0 aliphatic carbocycles. The highest BCUT2D eigenvalue weighted by Gasteiger charge is 2.23. The van der Waals surface area contributed by atoms with Crippen LogP contribution in [0, 0.1) is 24.0 Å². The predicted octanol–water partition coefficient (Wildman–Crippen LogP) is 1.71. The Labute approximate surface area is 129 Å². The van der Waals surface area contributed by atoms with E-state index in [1.165, 1.54) is 25.5 Å². The Bertz CT molecular complexity index is 764. The lowest BCUT2D eigenvalue weighted by atomic mass is 10.3. The van der Waals surface area contributed by atoms with Gasteiger partial charge in [-0.1, -0.05) is 0 Å². The zero-order chi connectivity index (χ0) is 16.4. The summed E-state index contributed by atoms with van der Waals surface area (Å²) in [5, 5.41) is 19.3. The van der Waals surface area contributed by atoms with E-state index in [1.54, 1.807) is 5.38 Å². The van der Waals surface area contributed by atoms with Crippen molar-refractivity contribution in [3.05, 3.63) is 32.6 Å². The third-order valence-corrected chi connectivity index (χ3v) is 3.69. The van der Waals surface area contributed by atoms with Gasteiger partial charge >= 0.3 is 5.69 Å². The van der Waals surface area contributed by atoms with E-state index in [-0.39, 0.29) is 29.4 Å². The molecular formula is C12H13N5O4S. The number of hydrogen-bond acceptors (Lipinski definition) is 7. The summed E-state index contributed by atoms with van der Waals surface area (Å²) in [6, 6.07) is 0. The second-order valence-corrected chi connectivity index (χ2v) is 5.43. The number of aryl methyl sites for hydroxylation is 1. The lowest BCUT2D eigenvalue weighted by Gasteiger charge is -2.03. The Balaban J connectivity index is 2.10. The molecule has 22 heavy (non-hydrogen) atoms.